The summed E-state index contributed by atoms with van der Waals surface area (Å²) < 4.78 is 0. The van der Waals surface area contributed by atoms with Gasteiger partial charge >= 0.3 is 5.97 Å². The van der Waals surface area contributed by atoms with Crippen molar-refractivity contribution in [3.8, 4) is 0 Å². The lowest BCUT2D eigenvalue weighted by Crippen LogP contribution is -2.39. The third kappa shape index (κ3) is 3.36. The van der Waals surface area contributed by atoms with Crippen LogP contribution < -0.4 is 9.80 Å². The molecule has 0 saturated carbocycles. The number of carbonyl (C=O) groups is 1. The number of rotatable bonds is 5. The molecule has 3 rings (SSSR count). The van der Waals surface area contributed by atoms with E-state index in [-0.39, 0.29) is 5.69 Å². The Morgan fingerprint density at radius 3 is 2.96 bits per heavy atom. The predicted molar refractivity (Wildman–Crippen MR) is 84.7 cm³/mol. The van der Waals surface area contributed by atoms with Crippen molar-refractivity contribution in [1.82, 2.24) is 20.2 Å². The third-order valence-electron chi connectivity index (χ3n) is 3.96. The van der Waals surface area contributed by atoms with Crippen molar-refractivity contribution in [3.05, 3.63) is 36.4 Å². The number of hydrogen-bond donors (Lipinski definition) is 1. The maximum atomic E-state index is 10.8. The molecule has 3 heterocycles. The summed E-state index contributed by atoms with van der Waals surface area (Å²) in [4.78, 5) is 23.1. The third-order valence-corrected chi connectivity index (χ3v) is 3.96. The SMILES string of the molecule is CN(CC1CCCN1c1cccnn1)c1cnc(C(=O)O)cn1. The number of carboxylic acid groups (broad SMARTS) is 1. The Labute approximate surface area is 133 Å². The Kier molecular flexibility index (Phi) is 4.31. The molecule has 8 nitrogen and oxygen atoms in total. The smallest absolute Gasteiger partial charge is 0.356 e. The summed E-state index contributed by atoms with van der Waals surface area (Å²) in [7, 11) is 1.93. The maximum absolute atomic E-state index is 10.8. The van der Waals surface area contributed by atoms with E-state index in [1.807, 2.05) is 24.1 Å². The molecule has 120 valence electrons. The Morgan fingerprint density at radius 1 is 1.43 bits per heavy atom. The molecule has 1 unspecified atom stereocenters. The highest BCUT2D eigenvalue weighted by atomic mass is 16.4. The fourth-order valence-corrected chi connectivity index (χ4v) is 2.81. The zero-order valence-electron chi connectivity index (χ0n) is 12.8. The van der Waals surface area contributed by atoms with Crippen molar-refractivity contribution in [1.29, 1.82) is 0 Å². The second kappa shape index (κ2) is 6.55. The van der Waals surface area contributed by atoms with Gasteiger partial charge in [0, 0.05) is 32.4 Å². The highest BCUT2D eigenvalue weighted by Crippen LogP contribution is 2.24. The number of nitrogens with zero attached hydrogens (tertiary/aromatic N) is 6. The van der Waals surface area contributed by atoms with Crippen molar-refractivity contribution >= 4 is 17.6 Å². The van der Waals surface area contributed by atoms with Gasteiger partial charge in [-0.1, -0.05) is 0 Å². The van der Waals surface area contributed by atoms with E-state index >= 15 is 0 Å². The zero-order chi connectivity index (χ0) is 16.2. The van der Waals surface area contributed by atoms with E-state index in [2.05, 4.69) is 25.1 Å². The van der Waals surface area contributed by atoms with Gasteiger partial charge in [0.1, 0.15) is 5.82 Å². The van der Waals surface area contributed by atoms with Crippen molar-refractivity contribution in [3.63, 3.8) is 0 Å². The number of hydrogen-bond acceptors (Lipinski definition) is 7. The molecule has 2 aromatic rings. The molecule has 1 fully saturated rings. The van der Waals surface area contributed by atoms with E-state index in [1.54, 1.807) is 6.20 Å². The van der Waals surface area contributed by atoms with Gasteiger partial charge in [-0.3, -0.25) is 0 Å². The summed E-state index contributed by atoms with van der Waals surface area (Å²) in [5.41, 5.74) is -0.0517. The highest BCUT2D eigenvalue weighted by Gasteiger charge is 2.27. The Balaban J connectivity index is 1.69. The van der Waals surface area contributed by atoms with Gasteiger partial charge in [0.2, 0.25) is 0 Å². The minimum Gasteiger partial charge on any atom is -0.476 e. The molecular formula is C15H18N6O2. The maximum Gasteiger partial charge on any atom is 0.356 e. The Morgan fingerprint density at radius 2 is 2.30 bits per heavy atom. The van der Waals surface area contributed by atoms with Crippen LogP contribution in [0.4, 0.5) is 11.6 Å². The van der Waals surface area contributed by atoms with Crippen molar-refractivity contribution in [2.75, 3.05) is 29.9 Å². The molecule has 2 aromatic heterocycles. The number of anilines is 2. The predicted octanol–water partition coefficient (Wildman–Crippen LogP) is 1.07. The van der Waals surface area contributed by atoms with E-state index in [0.29, 0.717) is 11.9 Å². The number of aromatic nitrogens is 4. The van der Waals surface area contributed by atoms with Crippen molar-refractivity contribution in [2.45, 2.75) is 18.9 Å². The van der Waals surface area contributed by atoms with Crippen LogP contribution in [0, 0.1) is 0 Å². The molecular weight excluding hydrogens is 296 g/mol. The van der Waals surface area contributed by atoms with Crippen LogP contribution in [-0.2, 0) is 0 Å². The molecule has 1 aliphatic rings. The van der Waals surface area contributed by atoms with Gasteiger partial charge in [-0.15, -0.1) is 5.10 Å². The fraction of sp³-hybridized carbons (Fsp3) is 0.400. The van der Waals surface area contributed by atoms with Crippen LogP contribution in [0.1, 0.15) is 23.3 Å². The molecule has 1 aliphatic heterocycles. The van der Waals surface area contributed by atoms with Crippen molar-refractivity contribution in [2.24, 2.45) is 0 Å². The molecule has 1 N–H and O–H groups in total. The van der Waals surface area contributed by atoms with Gasteiger partial charge in [0.25, 0.3) is 0 Å². The molecule has 0 bridgehead atoms. The summed E-state index contributed by atoms with van der Waals surface area (Å²) in [5, 5.41) is 17.0. The van der Waals surface area contributed by atoms with Crippen LogP contribution in [0.2, 0.25) is 0 Å². The van der Waals surface area contributed by atoms with Crippen LogP contribution in [-0.4, -0.2) is 57.4 Å². The first-order valence-electron chi connectivity index (χ1n) is 7.46. The summed E-state index contributed by atoms with van der Waals surface area (Å²) >= 11 is 0. The summed E-state index contributed by atoms with van der Waals surface area (Å²) in [6.45, 7) is 1.72. The first kappa shape index (κ1) is 15.1. The van der Waals surface area contributed by atoms with Crippen LogP contribution in [0.5, 0.6) is 0 Å². The van der Waals surface area contributed by atoms with Crippen molar-refractivity contribution < 1.29 is 9.90 Å². The second-order valence-corrected chi connectivity index (χ2v) is 5.52. The first-order valence-corrected chi connectivity index (χ1v) is 7.46. The van der Waals surface area contributed by atoms with E-state index < -0.39 is 5.97 Å². The molecule has 1 saturated heterocycles. The minimum atomic E-state index is -1.07. The average Bonchev–Trinajstić information content (AvgIpc) is 3.04. The fourth-order valence-electron chi connectivity index (χ4n) is 2.81. The molecule has 0 radical (unpaired) electrons. The molecule has 0 spiro atoms. The largest absolute Gasteiger partial charge is 0.476 e. The van der Waals surface area contributed by atoms with Gasteiger partial charge in [-0.05, 0) is 25.0 Å². The van der Waals surface area contributed by atoms with Gasteiger partial charge in [-0.2, -0.15) is 5.10 Å². The lowest BCUT2D eigenvalue weighted by atomic mass is 10.2. The normalized spacial score (nSPS) is 17.3. The Hall–Kier alpha value is -2.77. The van der Waals surface area contributed by atoms with E-state index in [9.17, 15) is 4.79 Å². The topological polar surface area (TPSA) is 95.3 Å². The van der Waals surface area contributed by atoms with Crippen LogP contribution >= 0.6 is 0 Å². The second-order valence-electron chi connectivity index (χ2n) is 5.52. The molecule has 8 heteroatoms. The molecule has 0 aromatic carbocycles. The lowest BCUT2D eigenvalue weighted by molar-refractivity contribution is 0.0690. The minimum absolute atomic E-state index is 0.0517. The van der Waals surface area contributed by atoms with E-state index in [0.717, 1.165) is 31.7 Å². The van der Waals surface area contributed by atoms with Crippen LogP contribution in [0.15, 0.2) is 30.7 Å². The first-order chi connectivity index (χ1) is 11.1. The van der Waals surface area contributed by atoms with Gasteiger partial charge in [0.05, 0.1) is 12.4 Å². The standard InChI is InChI=1S/C15H18N6O2/c1-20(14-9-16-12(8-17-14)15(22)23)10-11-4-3-7-21(11)13-5-2-6-18-19-13/h2,5-6,8-9,11H,3-4,7,10H2,1H3,(H,22,23). The van der Waals surface area contributed by atoms with E-state index in [4.69, 9.17) is 5.11 Å². The molecule has 0 aliphatic carbocycles. The van der Waals surface area contributed by atoms with Gasteiger partial charge in [-0.25, -0.2) is 14.8 Å². The molecule has 23 heavy (non-hydrogen) atoms. The summed E-state index contributed by atoms with van der Waals surface area (Å²) in [6, 6.07) is 4.17. The van der Waals surface area contributed by atoms with E-state index in [1.165, 1.54) is 12.4 Å². The zero-order valence-corrected chi connectivity index (χ0v) is 12.8. The summed E-state index contributed by atoms with van der Waals surface area (Å²) in [6.07, 6.45) is 6.62. The monoisotopic (exact) mass is 314 g/mol. The molecule has 1 atom stereocenters. The number of aromatic carboxylic acids is 1. The van der Waals surface area contributed by atoms with Crippen LogP contribution in [0.3, 0.4) is 0 Å². The number of likely N-dealkylation sites (N-methyl/N-ethyl adjacent to an activating group) is 1. The molecule has 0 amide bonds. The quantitative estimate of drug-likeness (QED) is 0.875. The average molecular weight is 314 g/mol. The number of carboxylic acids is 1. The lowest BCUT2D eigenvalue weighted by Gasteiger charge is -2.29. The highest BCUT2D eigenvalue weighted by molar-refractivity contribution is 5.84. The summed E-state index contributed by atoms with van der Waals surface area (Å²) in [5.74, 6) is 0.466. The van der Waals surface area contributed by atoms with Gasteiger partial charge in [0.15, 0.2) is 11.5 Å². The Bertz CT molecular complexity index is 663. The van der Waals surface area contributed by atoms with Crippen LogP contribution in [0.25, 0.3) is 0 Å². The van der Waals surface area contributed by atoms with Gasteiger partial charge < -0.3 is 14.9 Å².